The molecular formula is C24H32N6O5. The number of piperidine rings is 1. The lowest BCUT2D eigenvalue weighted by Crippen LogP contribution is -2.72. The Bertz CT molecular complexity index is 1020. The zero-order chi connectivity index (χ0) is 25.3. The van der Waals surface area contributed by atoms with E-state index in [1.807, 2.05) is 0 Å². The summed E-state index contributed by atoms with van der Waals surface area (Å²) in [5, 5.41) is 5.99. The van der Waals surface area contributed by atoms with E-state index in [-0.39, 0.29) is 23.6 Å². The molecule has 0 aromatic heterocycles. The number of imide groups is 1. The highest BCUT2D eigenvalue weighted by Gasteiger charge is 2.51. The first-order chi connectivity index (χ1) is 16.7. The molecule has 11 heteroatoms. The van der Waals surface area contributed by atoms with Crippen molar-refractivity contribution in [1.82, 2.24) is 24.9 Å². The minimum absolute atomic E-state index is 0.0417. The third kappa shape index (κ3) is 5.06. The number of Topliss-reactive ketones (excluding diaryl/α,β-unsaturated/α-hetero) is 1. The van der Waals surface area contributed by atoms with Crippen molar-refractivity contribution < 1.29 is 24.0 Å². The number of hydrogen-bond acceptors (Lipinski definition) is 7. The van der Waals surface area contributed by atoms with Crippen LogP contribution >= 0.6 is 0 Å². The van der Waals surface area contributed by atoms with Crippen molar-refractivity contribution in [2.45, 2.75) is 32.5 Å². The number of ketones is 1. The second-order valence-electron chi connectivity index (χ2n) is 9.32. The van der Waals surface area contributed by atoms with Crippen LogP contribution in [0.15, 0.2) is 24.3 Å². The molecule has 3 saturated heterocycles. The number of carbonyl (C=O) groups is 5. The first kappa shape index (κ1) is 24.8. The van der Waals surface area contributed by atoms with Crippen LogP contribution < -0.4 is 10.6 Å². The minimum atomic E-state index is -0.520. The van der Waals surface area contributed by atoms with Gasteiger partial charge in [-0.3, -0.25) is 34.3 Å². The number of rotatable bonds is 5. The number of amides is 5. The van der Waals surface area contributed by atoms with E-state index < -0.39 is 30.6 Å². The molecule has 0 aliphatic carbocycles. The first-order valence-electron chi connectivity index (χ1n) is 11.9. The van der Waals surface area contributed by atoms with Gasteiger partial charge in [0.2, 0.25) is 17.7 Å². The van der Waals surface area contributed by atoms with Gasteiger partial charge in [0.1, 0.15) is 6.54 Å². The molecule has 11 nitrogen and oxygen atoms in total. The van der Waals surface area contributed by atoms with Gasteiger partial charge in [-0.25, -0.2) is 4.79 Å². The third-order valence-corrected chi connectivity index (χ3v) is 7.15. The summed E-state index contributed by atoms with van der Waals surface area (Å²) in [7, 11) is 1.64. The van der Waals surface area contributed by atoms with Crippen molar-refractivity contribution in [3.05, 3.63) is 29.8 Å². The van der Waals surface area contributed by atoms with Crippen molar-refractivity contribution in [3.63, 3.8) is 0 Å². The van der Waals surface area contributed by atoms with E-state index in [4.69, 9.17) is 0 Å². The molecule has 3 aliphatic heterocycles. The highest BCUT2D eigenvalue weighted by atomic mass is 16.2. The average molecular weight is 485 g/mol. The van der Waals surface area contributed by atoms with Gasteiger partial charge in [-0.05, 0) is 44.2 Å². The summed E-state index contributed by atoms with van der Waals surface area (Å²) < 4.78 is 0. The molecule has 0 spiro atoms. The molecule has 2 N–H and O–H groups in total. The van der Waals surface area contributed by atoms with Crippen LogP contribution in [0, 0.1) is 5.92 Å². The van der Waals surface area contributed by atoms with Crippen LogP contribution in [0.5, 0.6) is 0 Å². The molecule has 4 rings (SSSR count). The van der Waals surface area contributed by atoms with Gasteiger partial charge in [0.05, 0.1) is 12.1 Å². The van der Waals surface area contributed by atoms with Crippen LogP contribution in [0.2, 0.25) is 0 Å². The fourth-order valence-corrected chi connectivity index (χ4v) is 5.21. The highest BCUT2D eigenvalue weighted by Crippen LogP contribution is 2.31. The number of nitrogens with zero attached hydrogens (tertiary/aromatic N) is 4. The monoisotopic (exact) mass is 484 g/mol. The molecule has 0 radical (unpaired) electrons. The average Bonchev–Trinajstić information content (AvgIpc) is 2.85. The normalized spacial score (nSPS) is 25.3. The summed E-state index contributed by atoms with van der Waals surface area (Å²) in [5.41, 5.74) is 1.00. The first-order valence-corrected chi connectivity index (χ1v) is 11.9. The Morgan fingerprint density at radius 2 is 1.69 bits per heavy atom. The number of nitrogens with one attached hydrogen (secondary N) is 2. The van der Waals surface area contributed by atoms with Crippen LogP contribution in [0.25, 0.3) is 0 Å². The smallest absolute Gasteiger partial charge is 0.328 e. The van der Waals surface area contributed by atoms with Gasteiger partial charge in [-0.2, -0.15) is 0 Å². The molecule has 1 aromatic rings. The summed E-state index contributed by atoms with van der Waals surface area (Å²) in [5.74, 6) is -1.42. The molecule has 188 valence electrons. The highest BCUT2D eigenvalue weighted by molar-refractivity contribution is 6.04. The lowest BCUT2D eigenvalue weighted by atomic mass is 9.85. The topological polar surface area (TPSA) is 122 Å². The van der Waals surface area contributed by atoms with E-state index in [1.54, 1.807) is 43.1 Å². The Kier molecular flexibility index (Phi) is 7.18. The summed E-state index contributed by atoms with van der Waals surface area (Å²) in [6.45, 7) is 5.82. The van der Waals surface area contributed by atoms with Crippen molar-refractivity contribution in [2.75, 3.05) is 51.6 Å². The lowest BCUT2D eigenvalue weighted by Gasteiger charge is -2.52. The van der Waals surface area contributed by atoms with Gasteiger partial charge in [0.15, 0.2) is 5.78 Å². The molecule has 0 bridgehead atoms. The second kappa shape index (κ2) is 10.1. The number of piperazine rings is 1. The third-order valence-electron chi connectivity index (χ3n) is 7.15. The molecule has 3 unspecified atom stereocenters. The van der Waals surface area contributed by atoms with Crippen LogP contribution in [-0.2, 0) is 14.4 Å². The maximum Gasteiger partial charge on any atom is 0.328 e. The molecule has 3 fully saturated rings. The Labute approximate surface area is 204 Å². The zero-order valence-electron chi connectivity index (χ0n) is 20.3. The standard InChI is InChI=1S/C24H32N6O5/c1-15(31)17-4-6-18(7-5-17)26-20(33)14-30-23(34)21-19(8-9-25-22(21)27(3)24(30)35)29-12-10-28(11-13-29)16(2)32/h4-7,19,21-22,25H,8-14H2,1-3H3,(H,26,33). The summed E-state index contributed by atoms with van der Waals surface area (Å²) in [6.07, 6.45) is 0.287. The number of fused-ring (bicyclic) bond motifs is 1. The van der Waals surface area contributed by atoms with Gasteiger partial charge in [0.25, 0.3) is 0 Å². The Hall–Kier alpha value is -3.31. The maximum atomic E-state index is 13.6. The van der Waals surface area contributed by atoms with Gasteiger partial charge >= 0.3 is 6.03 Å². The Morgan fingerprint density at radius 3 is 2.29 bits per heavy atom. The second-order valence-corrected chi connectivity index (χ2v) is 9.32. The van der Waals surface area contributed by atoms with Gasteiger partial charge in [0, 0.05) is 57.4 Å². The van der Waals surface area contributed by atoms with Gasteiger partial charge in [-0.15, -0.1) is 0 Å². The molecule has 35 heavy (non-hydrogen) atoms. The van der Waals surface area contributed by atoms with Crippen molar-refractivity contribution >= 4 is 35.2 Å². The zero-order valence-corrected chi connectivity index (χ0v) is 20.3. The predicted molar refractivity (Wildman–Crippen MR) is 127 cm³/mol. The molecule has 3 heterocycles. The van der Waals surface area contributed by atoms with E-state index in [0.29, 0.717) is 44.0 Å². The van der Waals surface area contributed by atoms with Crippen LogP contribution in [-0.4, -0.2) is 108 Å². The number of benzene rings is 1. The molecule has 0 saturated carbocycles. The summed E-state index contributed by atoms with van der Waals surface area (Å²) in [6, 6.07) is 5.82. The number of anilines is 1. The van der Waals surface area contributed by atoms with Gasteiger partial charge in [-0.1, -0.05) is 0 Å². The summed E-state index contributed by atoms with van der Waals surface area (Å²) >= 11 is 0. The van der Waals surface area contributed by atoms with Crippen LogP contribution in [0.3, 0.4) is 0 Å². The van der Waals surface area contributed by atoms with E-state index >= 15 is 0 Å². The Morgan fingerprint density at radius 1 is 1.03 bits per heavy atom. The Balaban J connectivity index is 1.46. The maximum absolute atomic E-state index is 13.6. The molecule has 5 amide bonds. The van der Waals surface area contributed by atoms with E-state index in [1.165, 1.54) is 11.8 Å². The largest absolute Gasteiger partial charge is 0.340 e. The molecule has 3 aliphatic rings. The van der Waals surface area contributed by atoms with E-state index in [2.05, 4.69) is 15.5 Å². The van der Waals surface area contributed by atoms with Crippen molar-refractivity contribution in [1.29, 1.82) is 0 Å². The predicted octanol–water partition coefficient (Wildman–Crippen LogP) is 0.190. The lowest BCUT2D eigenvalue weighted by molar-refractivity contribution is -0.148. The fraction of sp³-hybridized carbons (Fsp3) is 0.542. The van der Waals surface area contributed by atoms with Crippen molar-refractivity contribution in [2.24, 2.45) is 5.92 Å². The SMILES string of the molecule is CC(=O)c1ccc(NC(=O)CN2C(=O)C3C(N4CCN(C(C)=O)CC4)CCNC3N(C)C2=O)cc1. The number of urea groups is 1. The fourth-order valence-electron chi connectivity index (χ4n) is 5.21. The van der Waals surface area contributed by atoms with Crippen LogP contribution in [0.1, 0.15) is 30.6 Å². The minimum Gasteiger partial charge on any atom is -0.340 e. The molecule has 1 aromatic carbocycles. The molecule has 3 atom stereocenters. The van der Waals surface area contributed by atoms with E-state index in [0.717, 1.165) is 11.3 Å². The summed E-state index contributed by atoms with van der Waals surface area (Å²) in [4.78, 5) is 69.0. The number of carbonyl (C=O) groups excluding carboxylic acids is 5. The van der Waals surface area contributed by atoms with E-state index in [9.17, 15) is 24.0 Å². The molecular weight excluding hydrogens is 452 g/mol. The quantitative estimate of drug-likeness (QED) is 0.572. The van der Waals surface area contributed by atoms with Crippen LogP contribution in [0.4, 0.5) is 10.5 Å². The van der Waals surface area contributed by atoms with Gasteiger partial charge < -0.3 is 15.1 Å². The van der Waals surface area contributed by atoms with Crippen molar-refractivity contribution in [3.8, 4) is 0 Å². The number of hydrogen-bond donors (Lipinski definition) is 2.